The van der Waals surface area contributed by atoms with Crippen molar-refractivity contribution in [1.29, 1.82) is 0 Å². The normalized spacial score (nSPS) is 13.1. The number of hydrogen-bond donors (Lipinski definition) is 1. The van der Waals surface area contributed by atoms with Crippen LogP contribution in [0.1, 0.15) is 58.4 Å². The molecular weight excluding hydrogens is 212 g/mol. The first-order valence-corrected chi connectivity index (χ1v) is 6.27. The van der Waals surface area contributed by atoms with Gasteiger partial charge in [-0.15, -0.1) is 0 Å². The lowest BCUT2D eigenvalue weighted by Crippen LogP contribution is -2.41. The van der Waals surface area contributed by atoms with Crippen molar-refractivity contribution in [1.82, 2.24) is 10.3 Å². The topological polar surface area (TPSA) is 38.1 Å². The molecule has 3 nitrogen and oxygen atoms in total. The van der Waals surface area contributed by atoms with Crippen molar-refractivity contribution in [3.8, 4) is 0 Å². The van der Waals surface area contributed by atoms with Gasteiger partial charge in [-0.25, -0.2) is 4.98 Å². The molecule has 1 aromatic rings. The van der Waals surface area contributed by atoms with E-state index in [1.165, 1.54) is 0 Å². The van der Waals surface area contributed by atoms with E-state index in [4.69, 9.17) is 4.42 Å². The molecule has 1 N–H and O–H groups in total. The molecule has 0 spiro atoms. The molecule has 0 amide bonds. The highest BCUT2D eigenvalue weighted by Gasteiger charge is 2.25. The van der Waals surface area contributed by atoms with Crippen molar-refractivity contribution >= 4 is 0 Å². The smallest absolute Gasteiger partial charge is 0.208 e. The van der Waals surface area contributed by atoms with E-state index in [1.807, 2.05) is 13.8 Å². The van der Waals surface area contributed by atoms with Gasteiger partial charge < -0.3 is 9.73 Å². The standard InChI is InChI=1S/C14H26N2O/c1-10-11(2)17-12(16-10)8-15-14(6,7)9-13(3,4)5/h15H,8-9H2,1-7H3. The second-order valence-electron chi connectivity index (χ2n) is 6.72. The van der Waals surface area contributed by atoms with Crippen LogP contribution in [0.5, 0.6) is 0 Å². The number of rotatable bonds is 4. The average molecular weight is 238 g/mol. The molecule has 0 aliphatic heterocycles. The Balaban J connectivity index is 2.55. The highest BCUT2D eigenvalue weighted by Crippen LogP contribution is 2.27. The SMILES string of the molecule is Cc1nc(CNC(C)(C)CC(C)(C)C)oc1C. The van der Waals surface area contributed by atoms with Gasteiger partial charge in [0.2, 0.25) is 5.89 Å². The van der Waals surface area contributed by atoms with Crippen LogP contribution in [0.25, 0.3) is 0 Å². The second kappa shape index (κ2) is 4.81. The quantitative estimate of drug-likeness (QED) is 0.871. The van der Waals surface area contributed by atoms with Crippen LogP contribution in [0.4, 0.5) is 0 Å². The Morgan fingerprint density at radius 3 is 2.12 bits per heavy atom. The van der Waals surface area contributed by atoms with Gasteiger partial charge in [0.1, 0.15) is 5.76 Å². The van der Waals surface area contributed by atoms with Crippen LogP contribution in [-0.2, 0) is 6.54 Å². The lowest BCUT2D eigenvalue weighted by Gasteiger charge is -2.33. The molecule has 98 valence electrons. The van der Waals surface area contributed by atoms with Crippen LogP contribution in [-0.4, -0.2) is 10.5 Å². The van der Waals surface area contributed by atoms with Gasteiger partial charge in [0.05, 0.1) is 12.2 Å². The number of nitrogens with zero attached hydrogens (tertiary/aromatic N) is 1. The van der Waals surface area contributed by atoms with E-state index in [0.717, 1.165) is 23.8 Å². The Morgan fingerprint density at radius 1 is 1.12 bits per heavy atom. The first-order chi connectivity index (χ1) is 7.59. The van der Waals surface area contributed by atoms with Crippen molar-refractivity contribution in [3.05, 3.63) is 17.3 Å². The molecule has 0 aliphatic rings. The van der Waals surface area contributed by atoms with Crippen LogP contribution in [0, 0.1) is 19.3 Å². The molecule has 0 atom stereocenters. The summed E-state index contributed by atoms with van der Waals surface area (Å²) in [5.74, 6) is 1.69. The number of aromatic nitrogens is 1. The van der Waals surface area contributed by atoms with E-state index in [9.17, 15) is 0 Å². The lowest BCUT2D eigenvalue weighted by atomic mass is 9.82. The van der Waals surface area contributed by atoms with Gasteiger partial charge >= 0.3 is 0 Å². The third-order valence-electron chi connectivity index (χ3n) is 2.76. The van der Waals surface area contributed by atoms with E-state index in [-0.39, 0.29) is 5.54 Å². The molecule has 17 heavy (non-hydrogen) atoms. The summed E-state index contributed by atoms with van der Waals surface area (Å²) in [6.07, 6.45) is 1.11. The van der Waals surface area contributed by atoms with Crippen LogP contribution in [0.2, 0.25) is 0 Å². The van der Waals surface area contributed by atoms with Crippen LogP contribution in [0.3, 0.4) is 0 Å². The summed E-state index contributed by atoms with van der Waals surface area (Å²) in [7, 11) is 0. The molecule has 1 rings (SSSR count). The third-order valence-corrected chi connectivity index (χ3v) is 2.76. The molecule has 1 heterocycles. The van der Waals surface area contributed by atoms with Crippen molar-refractivity contribution in [2.24, 2.45) is 5.41 Å². The van der Waals surface area contributed by atoms with Gasteiger partial charge in [-0.3, -0.25) is 0 Å². The Bertz CT molecular complexity index is 353. The van der Waals surface area contributed by atoms with Crippen molar-refractivity contribution < 1.29 is 4.42 Å². The monoisotopic (exact) mass is 238 g/mol. The largest absolute Gasteiger partial charge is 0.444 e. The van der Waals surface area contributed by atoms with E-state index in [0.29, 0.717) is 12.0 Å². The van der Waals surface area contributed by atoms with Crippen molar-refractivity contribution in [3.63, 3.8) is 0 Å². The Labute approximate surface area is 105 Å². The minimum atomic E-state index is 0.0918. The first kappa shape index (κ1) is 14.2. The Hall–Kier alpha value is -0.830. The van der Waals surface area contributed by atoms with Crippen LogP contribution < -0.4 is 5.32 Å². The Morgan fingerprint density at radius 2 is 1.71 bits per heavy atom. The van der Waals surface area contributed by atoms with Gasteiger partial charge in [-0.2, -0.15) is 0 Å². The summed E-state index contributed by atoms with van der Waals surface area (Å²) in [6, 6.07) is 0. The highest BCUT2D eigenvalue weighted by molar-refractivity contribution is 5.05. The maximum atomic E-state index is 5.57. The predicted molar refractivity (Wildman–Crippen MR) is 71.0 cm³/mol. The fourth-order valence-electron chi connectivity index (χ4n) is 2.32. The van der Waals surface area contributed by atoms with Crippen molar-refractivity contribution in [2.45, 2.75) is 67.0 Å². The highest BCUT2D eigenvalue weighted by atomic mass is 16.4. The van der Waals surface area contributed by atoms with E-state index in [2.05, 4.69) is 44.9 Å². The van der Waals surface area contributed by atoms with E-state index >= 15 is 0 Å². The number of oxazole rings is 1. The minimum absolute atomic E-state index is 0.0918. The zero-order chi connectivity index (χ0) is 13.3. The van der Waals surface area contributed by atoms with Crippen molar-refractivity contribution in [2.75, 3.05) is 0 Å². The van der Waals surface area contributed by atoms with Crippen LogP contribution in [0.15, 0.2) is 4.42 Å². The molecule has 0 saturated carbocycles. The van der Waals surface area contributed by atoms with Crippen LogP contribution >= 0.6 is 0 Å². The lowest BCUT2D eigenvalue weighted by molar-refractivity contribution is 0.234. The molecule has 0 unspecified atom stereocenters. The molecule has 0 saturated heterocycles. The molecule has 0 aromatic carbocycles. The second-order valence-corrected chi connectivity index (χ2v) is 6.72. The average Bonchev–Trinajstić information content (AvgIpc) is 2.39. The fourth-order valence-corrected chi connectivity index (χ4v) is 2.32. The molecular formula is C14H26N2O. The van der Waals surface area contributed by atoms with Gasteiger partial charge in [0.25, 0.3) is 0 Å². The van der Waals surface area contributed by atoms with E-state index < -0.39 is 0 Å². The number of aryl methyl sites for hydroxylation is 2. The van der Waals surface area contributed by atoms with Gasteiger partial charge in [0, 0.05) is 5.54 Å². The summed E-state index contributed by atoms with van der Waals surface area (Å²) in [4.78, 5) is 4.38. The number of hydrogen-bond acceptors (Lipinski definition) is 3. The Kier molecular flexibility index (Phi) is 4.03. The molecule has 3 heteroatoms. The van der Waals surface area contributed by atoms with Gasteiger partial charge in [-0.1, -0.05) is 20.8 Å². The minimum Gasteiger partial charge on any atom is -0.444 e. The summed E-state index contributed by atoms with van der Waals surface area (Å²) in [5, 5.41) is 3.52. The summed E-state index contributed by atoms with van der Waals surface area (Å²) in [5.41, 5.74) is 1.39. The van der Waals surface area contributed by atoms with Gasteiger partial charge in [-0.05, 0) is 39.5 Å². The van der Waals surface area contributed by atoms with E-state index in [1.54, 1.807) is 0 Å². The summed E-state index contributed by atoms with van der Waals surface area (Å²) >= 11 is 0. The fraction of sp³-hybridized carbons (Fsp3) is 0.786. The molecule has 0 fully saturated rings. The summed E-state index contributed by atoms with van der Waals surface area (Å²) < 4.78 is 5.57. The third kappa shape index (κ3) is 4.90. The molecule has 0 aliphatic carbocycles. The number of nitrogens with one attached hydrogen (secondary N) is 1. The first-order valence-electron chi connectivity index (χ1n) is 6.27. The maximum Gasteiger partial charge on any atom is 0.208 e. The zero-order valence-electron chi connectivity index (χ0n) is 12.3. The predicted octanol–water partition coefficient (Wildman–Crippen LogP) is 3.60. The molecule has 0 bridgehead atoms. The maximum absolute atomic E-state index is 5.57. The zero-order valence-corrected chi connectivity index (χ0v) is 12.3. The van der Waals surface area contributed by atoms with Gasteiger partial charge in [0.15, 0.2) is 0 Å². The molecule has 0 radical (unpaired) electrons. The molecule has 1 aromatic heterocycles. The summed E-state index contributed by atoms with van der Waals surface area (Å²) in [6.45, 7) is 15.8.